The Balaban J connectivity index is 2.27. The van der Waals surface area contributed by atoms with Crippen molar-refractivity contribution < 1.29 is 14.7 Å². The summed E-state index contributed by atoms with van der Waals surface area (Å²) in [7, 11) is 0. The van der Waals surface area contributed by atoms with Crippen LogP contribution >= 0.6 is 0 Å². The molecule has 0 fully saturated rings. The first kappa shape index (κ1) is 10.7. The van der Waals surface area contributed by atoms with E-state index in [1.54, 1.807) is 0 Å². The average Bonchev–Trinajstić information content (AvgIpc) is 2.20. The van der Waals surface area contributed by atoms with Gasteiger partial charge in [-0.2, -0.15) is 5.48 Å². The number of rotatable bonds is 5. The Bertz CT molecular complexity index is 274. The van der Waals surface area contributed by atoms with E-state index in [4.69, 9.17) is 5.11 Å². The monoisotopic (exact) mass is 195 g/mol. The molecule has 0 aliphatic heterocycles. The maximum atomic E-state index is 11.1. The number of hydroxylamine groups is 1. The van der Waals surface area contributed by atoms with Gasteiger partial charge in [0.2, 0.25) is 0 Å². The molecule has 0 aromatic heterocycles. The topological polar surface area (TPSA) is 58.6 Å². The number of hydrogen-bond donors (Lipinski definition) is 2. The molecule has 76 valence electrons. The van der Waals surface area contributed by atoms with E-state index < -0.39 is 0 Å². The Morgan fingerprint density at radius 1 is 1.36 bits per heavy atom. The normalized spacial score (nSPS) is 9.79. The van der Waals surface area contributed by atoms with Gasteiger partial charge < -0.3 is 9.94 Å². The third kappa shape index (κ3) is 4.02. The zero-order valence-electron chi connectivity index (χ0n) is 7.77. The molecule has 0 unspecified atom stereocenters. The summed E-state index contributed by atoms with van der Waals surface area (Å²) in [5, 5.41) is 8.42. The van der Waals surface area contributed by atoms with Gasteiger partial charge in [0.15, 0.2) is 0 Å². The average molecular weight is 195 g/mol. The second-order valence-corrected chi connectivity index (χ2v) is 2.75. The van der Waals surface area contributed by atoms with E-state index in [2.05, 4.69) is 10.3 Å². The van der Waals surface area contributed by atoms with Crippen LogP contribution in [0.4, 0.5) is 0 Å². The van der Waals surface area contributed by atoms with E-state index in [0.29, 0.717) is 0 Å². The molecular weight excluding hydrogens is 182 g/mol. The lowest BCUT2D eigenvalue weighted by molar-refractivity contribution is -0.150. The van der Waals surface area contributed by atoms with Crippen molar-refractivity contribution in [3.05, 3.63) is 35.9 Å². The summed E-state index contributed by atoms with van der Waals surface area (Å²) in [5.74, 6) is -0.357. The van der Waals surface area contributed by atoms with Crippen molar-refractivity contribution in [3.8, 4) is 0 Å². The third-order valence-electron chi connectivity index (χ3n) is 1.59. The Labute approximate surface area is 82.5 Å². The van der Waals surface area contributed by atoms with Crippen molar-refractivity contribution in [3.63, 3.8) is 0 Å². The first-order valence-corrected chi connectivity index (χ1v) is 4.40. The van der Waals surface area contributed by atoms with Gasteiger partial charge >= 0.3 is 5.97 Å². The maximum absolute atomic E-state index is 11.1. The van der Waals surface area contributed by atoms with Crippen molar-refractivity contribution in [1.82, 2.24) is 5.48 Å². The van der Waals surface area contributed by atoms with Crippen LogP contribution in [0, 0.1) is 0 Å². The van der Waals surface area contributed by atoms with Gasteiger partial charge in [-0.05, 0) is 5.56 Å². The molecule has 1 aromatic rings. The van der Waals surface area contributed by atoms with Crippen LogP contribution in [0.15, 0.2) is 30.3 Å². The van der Waals surface area contributed by atoms with Crippen molar-refractivity contribution in [2.45, 2.75) is 6.42 Å². The minimum absolute atomic E-state index is 0.0569. The number of aliphatic hydroxyl groups is 1. The molecule has 0 bridgehead atoms. The number of hydrogen-bond acceptors (Lipinski definition) is 4. The second kappa shape index (κ2) is 6.12. The SMILES string of the molecule is O=C(Cc1ccccc1)ONCCO. The fourth-order valence-electron chi connectivity index (χ4n) is 0.976. The van der Waals surface area contributed by atoms with Crippen LogP contribution in [-0.2, 0) is 16.1 Å². The molecule has 14 heavy (non-hydrogen) atoms. The lowest BCUT2D eigenvalue weighted by Gasteiger charge is -2.03. The molecule has 0 atom stereocenters. The minimum atomic E-state index is -0.357. The fourth-order valence-corrected chi connectivity index (χ4v) is 0.976. The molecule has 0 heterocycles. The standard InChI is InChI=1S/C10H13NO3/c12-7-6-11-14-10(13)8-9-4-2-1-3-5-9/h1-5,11-12H,6-8H2. The van der Waals surface area contributed by atoms with Crippen molar-refractivity contribution in [2.75, 3.05) is 13.2 Å². The number of benzene rings is 1. The van der Waals surface area contributed by atoms with Crippen LogP contribution < -0.4 is 5.48 Å². The molecule has 0 saturated heterocycles. The Morgan fingerprint density at radius 3 is 2.71 bits per heavy atom. The molecule has 0 radical (unpaired) electrons. The van der Waals surface area contributed by atoms with Crippen molar-refractivity contribution in [2.24, 2.45) is 0 Å². The molecule has 0 saturated carbocycles. The van der Waals surface area contributed by atoms with E-state index in [9.17, 15) is 4.79 Å². The molecule has 1 rings (SSSR count). The van der Waals surface area contributed by atoms with Crippen LogP contribution in [0.25, 0.3) is 0 Å². The van der Waals surface area contributed by atoms with Gasteiger partial charge in [0.25, 0.3) is 0 Å². The highest BCUT2D eigenvalue weighted by molar-refractivity contribution is 5.72. The van der Waals surface area contributed by atoms with Crippen LogP contribution in [0.5, 0.6) is 0 Å². The lowest BCUT2D eigenvalue weighted by Crippen LogP contribution is -2.23. The highest BCUT2D eigenvalue weighted by Gasteiger charge is 2.03. The molecule has 0 spiro atoms. The molecule has 2 N–H and O–H groups in total. The summed E-state index contributed by atoms with van der Waals surface area (Å²) < 4.78 is 0. The minimum Gasteiger partial charge on any atom is -0.395 e. The van der Waals surface area contributed by atoms with E-state index in [1.807, 2.05) is 30.3 Å². The van der Waals surface area contributed by atoms with Crippen LogP contribution in [0.3, 0.4) is 0 Å². The van der Waals surface area contributed by atoms with Gasteiger partial charge in [-0.3, -0.25) is 4.79 Å². The molecular formula is C10H13NO3. The Morgan fingerprint density at radius 2 is 2.07 bits per heavy atom. The zero-order valence-corrected chi connectivity index (χ0v) is 7.77. The molecule has 0 aliphatic rings. The van der Waals surface area contributed by atoms with Gasteiger partial charge in [0, 0.05) is 0 Å². The zero-order chi connectivity index (χ0) is 10.2. The lowest BCUT2D eigenvalue weighted by atomic mass is 10.2. The number of aliphatic hydroxyl groups excluding tert-OH is 1. The van der Waals surface area contributed by atoms with E-state index in [0.717, 1.165) is 5.56 Å². The van der Waals surface area contributed by atoms with Crippen LogP contribution in [0.1, 0.15) is 5.56 Å². The maximum Gasteiger partial charge on any atom is 0.329 e. The predicted octanol–water partition coefficient (Wildman–Crippen LogP) is 0.269. The first-order chi connectivity index (χ1) is 6.83. The summed E-state index contributed by atoms with van der Waals surface area (Å²) >= 11 is 0. The van der Waals surface area contributed by atoms with Gasteiger partial charge in [-0.1, -0.05) is 30.3 Å². The molecule has 0 aliphatic carbocycles. The molecule has 4 nitrogen and oxygen atoms in total. The van der Waals surface area contributed by atoms with Gasteiger partial charge in [-0.25, -0.2) is 0 Å². The predicted molar refractivity (Wildman–Crippen MR) is 51.3 cm³/mol. The van der Waals surface area contributed by atoms with Crippen molar-refractivity contribution in [1.29, 1.82) is 0 Å². The van der Waals surface area contributed by atoms with Gasteiger partial charge in [0.1, 0.15) is 0 Å². The van der Waals surface area contributed by atoms with E-state index >= 15 is 0 Å². The first-order valence-electron chi connectivity index (χ1n) is 4.40. The number of carbonyl (C=O) groups is 1. The number of nitrogens with one attached hydrogen (secondary N) is 1. The highest BCUT2D eigenvalue weighted by atomic mass is 16.7. The Hall–Kier alpha value is -1.39. The summed E-state index contributed by atoms with van der Waals surface area (Å²) in [4.78, 5) is 15.8. The van der Waals surface area contributed by atoms with Gasteiger partial charge in [-0.15, -0.1) is 0 Å². The second-order valence-electron chi connectivity index (χ2n) is 2.75. The molecule has 1 aromatic carbocycles. The van der Waals surface area contributed by atoms with Crippen LogP contribution in [-0.4, -0.2) is 24.2 Å². The molecule has 0 amide bonds. The highest BCUT2D eigenvalue weighted by Crippen LogP contribution is 1.99. The quantitative estimate of drug-likeness (QED) is 0.523. The van der Waals surface area contributed by atoms with Gasteiger partial charge in [0.05, 0.1) is 19.6 Å². The van der Waals surface area contributed by atoms with E-state index in [1.165, 1.54) is 0 Å². The van der Waals surface area contributed by atoms with E-state index in [-0.39, 0.29) is 25.5 Å². The summed E-state index contributed by atoms with van der Waals surface area (Å²) in [6, 6.07) is 9.33. The largest absolute Gasteiger partial charge is 0.395 e. The third-order valence-corrected chi connectivity index (χ3v) is 1.59. The summed E-state index contributed by atoms with van der Waals surface area (Å²) in [5.41, 5.74) is 3.26. The summed E-state index contributed by atoms with van der Waals surface area (Å²) in [6.45, 7) is 0.194. The smallest absolute Gasteiger partial charge is 0.329 e. The number of carbonyl (C=O) groups excluding carboxylic acids is 1. The Kier molecular flexibility index (Phi) is 4.68. The molecule has 4 heteroatoms. The van der Waals surface area contributed by atoms with Crippen molar-refractivity contribution >= 4 is 5.97 Å². The van der Waals surface area contributed by atoms with Crippen LogP contribution in [0.2, 0.25) is 0 Å². The summed E-state index contributed by atoms with van der Waals surface area (Å²) in [6.07, 6.45) is 0.235. The fraction of sp³-hybridized carbons (Fsp3) is 0.300.